The first-order chi connectivity index (χ1) is 20.7. The number of carbonyl (C=O) groups is 3. The number of aliphatic hydroxyl groups excluding tert-OH is 3. The number of hydrogen-bond acceptors (Lipinski definition) is 11. The van der Waals surface area contributed by atoms with Crippen LogP contribution in [-0.2, 0) is 33.3 Å². The quantitative estimate of drug-likeness (QED) is 0.329. The molecule has 2 bridgehead atoms. The van der Waals surface area contributed by atoms with Gasteiger partial charge >= 0.3 is 11.9 Å². The van der Waals surface area contributed by atoms with E-state index in [9.17, 15) is 29.7 Å². The standard InChI is InChI=1S/C33H44O11/c1-7-15(2)27(39)43-28-29(4)19-11-20(35)31(6)25(32(19,14-41-28)21(36)12-22(29)42-16(3)34)24(37)26(38)30(5)18(17-8-9-40-13-17)10-23-33(30,31)44-23/h8-9,13,15,18-23,25-26,28,35-36,38H,7,10-12,14H2,1-6H3/t15-,18+,19+,20-,21+,22-,23-,25?,26+,28-,29-,30-,31-,32-,33-/m1/s1. The molecule has 4 aliphatic carbocycles. The molecule has 1 aromatic rings. The van der Waals surface area contributed by atoms with Gasteiger partial charge in [0.05, 0.1) is 48.8 Å². The molecule has 15 atom stereocenters. The smallest absolute Gasteiger partial charge is 0.310 e. The molecule has 2 saturated heterocycles. The Bertz CT molecular complexity index is 1380. The highest BCUT2D eigenvalue weighted by Gasteiger charge is 2.92. The minimum absolute atomic E-state index is 0.0223. The first-order valence-corrected chi connectivity index (χ1v) is 15.9. The molecule has 6 aliphatic rings. The van der Waals surface area contributed by atoms with E-state index in [-0.39, 0.29) is 31.5 Å². The third-order valence-electron chi connectivity index (χ3n) is 13.5. The van der Waals surface area contributed by atoms with Gasteiger partial charge < -0.3 is 38.7 Å². The van der Waals surface area contributed by atoms with Crippen molar-refractivity contribution in [2.45, 2.75) is 116 Å². The lowest BCUT2D eigenvalue weighted by molar-refractivity contribution is -0.374. The molecule has 3 heterocycles. The van der Waals surface area contributed by atoms with Crippen LogP contribution in [0, 0.1) is 39.4 Å². The zero-order valence-electron chi connectivity index (χ0n) is 26.1. The Morgan fingerprint density at radius 3 is 2.43 bits per heavy atom. The Balaban J connectivity index is 1.37. The summed E-state index contributed by atoms with van der Waals surface area (Å²) in [6, 6.07) is 1.84. The monoisotopic (exact) mass is 616 g/mol. The molecular formula is C33H44O11. The molecule has 6 fully saturated rings. The average molecular weight is 617 g/mol. The summed E-state index contributed by atoms with van der Waals surface area (Å²) in [5.74, 6) is -3.89. The second-order valence-corrected chi connectivity index (χ2v) is 15.0. The van der Waals surface area contributed by atoms with Crippen molar-refractivity contribution >= 4 is 17.7 Å². The Morgan fingerprint density at radius 2 is 1.80 bits per heavy atom. The third kappa shape index (κ3) is 3.23. The maximum atomic E-state index is 14.8. The number of epoxide rings is 1. The topological polar surface area (TPSA) is 165 Å². The van der Waals surface area contributed by atoms with Crippen molar-refractivity contribution in [2.75, 3.05) is 6.61 Å². The zero-order valence-corrected chi connectivity index (χ0v) is 26.1. The molecule has 1 unspecified atom stereocenters. The molecule has 4 saturated carbocycles. The normalized spacial score (nSPS) is 52.6. The Kier molecular flexibility index (Phi) is 6.47. The van der Waals surface area contributed by atoms with Crippen LogP contribution in [0.4, 0.5) is 0 Å². The number of Topliss-reactive ketones (excluding diaryl/α,β-unsaturated/α-hetero) is 1. The number of ether oxygens (including phenoxy) is 4. The largest absolute Gasteiger partial charge is 0.472 e. The number of aliphatic hydroxyl groups is 3. The zero-order chi connectivity index (χ0) is 31.8. The summed E-state index contributed by atoms with van der Waals surface area (Å²) in [4.78, 5) is 40.2. The van der Waals surface area contributed by atoms with E-state index in [4.69, 9.17) is 23.4 Å². The lowest BCUT2D eigenvalue weighted by Gasteiger charge is -2.73. The Morgan fingerprint density at radius 1 is 1.07 bits per heavy atom. The van der Waals surface area contributed by atoms with Crippen LogP contribution in [-0.4, -0.2) is 82.1 Å². The van der Waals surface area contributed by atoms with Crippen molar-refractivity contribution in [3.63, 3.8) is 0 Å². The highest BCUT2D eigenvalue weighted by Crippen LogP contribution is 2.82. The number of rotatable bonds is 5. The van der Waals surface area contributed by atoms with Gasteiger partial charge in [-0.3, -0.25) is 14.4 Å². The van der Waals surface area contributed by atoms with Crippen LogP contribution in [0.1, 0.15) is 78.7 Å². The maximum absolute atomic E-state index is 14.8. The van der Waals surface area contributed by atoms with Crippen molar-refractivity contribution < 1.29 is 53.1 Å². The number of furan rings is 1. The fourth-order valence-corrected chi connectivity index (χ4v) is 11.2. The minimum Gasteiger partial charge on any atom is -0.472 e. The van der Waals surface area contributed by atoms with Crippen LogP contribution in [0.15, 0.2) is 23.0 Å². The van der Waals surface area contributed by atoms with Crippen LogP contribution in [0.5, 0.6) is 0 Å². The van der Waals surface area contributed by atoms with Gasteiger partial charge in [-0.05, 0) is 43.7 Å². The molecule has 2 aliphatic heterocycles. The molecule has 0 amide bonds. The van der Waals surface area contributed by atoms with E-state index in [2.05, 4.69) is 0 Å². The molecule has 11 nitrogen and oxygen atoms in total. The van der Waals surface area contributed by atoms with E-state index in [1.165, 1.54) is 6.92 Å². The second kappa shape index (κ2) is 9.37. The summed E-state index contributed by atoms with van der Waals surface area (Å²) in [5.41, 5.74) is -4.95. The molecular weight excluding hydrogens is 572 g/mol. The molecule has 1 spiro atoms. The van der Waals surface area contributed by atoms with Crippen LogP contribution in [0.2, 0.25) is 0 Å². The lowest BCUT2D eigenvalue weighted by atomic mass is 9.33. The Labute approximate surface area is 256 Å². The van der Waals surface area contributed by atoms with Crippen LogP contribution < -0.4 is 0 Å². The fraction of sp³-hybridized carbons (Fsp3) is 0.788. The van der Waals surface area contributed by atoms with E-state index in [1.807, 2.05) is 26.8 Å². The molecule has 7 rings (SSSR count). The SMILES string of the molecule is CC[C@@H](C)C(=O)O[C@H]1OC[C@@]23C4C(=O)[C@H](O)[C@@]5(C)[C@H](c6ccoc6)C[C@H]6O[C@]65[C@]4(C)[C@H](O)C[C@H]2[C@]1(C)[C@H](OC(C)=O)C[C@@H]3O. The fourth-order valence-electron chi connectivity index (χ4n) is 11.2. The molecule has 11 heteroatoms. The first kappa shape index (κ1) is 30.3. The van der Waals surface area contributed by atoms with E-state index in [0.29, 0.717) is 12.8 Å². The van der Waals surface area contributed by atoms with Crippen molar-refractivity contribution in [3.8, 4) is 0 Å². The highest BCUT2D eigenvalue weighted by atomic mass is 16.7. The van der Waals surface area contributed by atoms with Crippen LogP contribution in [0.25, 0.3) is 0 Å². The molecule has 1 aromatic heterocycles. The molecule has 44 heavy (non-hydrogen) atoms. The predicted molar refractivity (Wildman–Crippen MR) is 151 cm³/mol. The summed E-state index contributed by atoms with van der Waals surface area (Å²) in [7, 11) is 0. The predicted octanol–water partition coefficient (Wildman–Crippen LogP) is 2.49. The summed E-state index contributed by atoms with van der Waals surface area (Å²) in [5, 5.41) is 36.5. The molecule has 0 radical (unpaired) electrons. The van der Waals surface area contributed by atoms with Gasteiger partial charge in [-0.15, -0.1) is 0 Å². The summed E-state index contributed by atoms with van der Waals surface area (Å²) >= 11 is 0. The number of esters is 2. The van der Waals surface area contributed by atoms with Crippen molar-refractivity contribution in [1.82, 2.24) is 0 Å². The number of fused-ring (bicyclic) bond motifs is 1. The van der Waals surface area contributed by atoms with Gasteiger partial charge in [0.25, 0.3) is 0 Å². The average Bonchev–Trinajstić information content (AvgIpc) is 3.33. The minimum atomic E-state index is -1.46. The molecule has 3 N–H and O–H groups in total. The summed E-state index contributed by atoms with van der Waals surface area (Å²) < 4.78 is 30.0. The van der Waals surface area contributed by atoms with Gasteiger partial charge in [-0.1, -0.05) is 27.7 Å². The number of hydrogen-bond donors (Lipinski definition) is 3. The molecule has 0 aromatic carbocycles. The van der Waals surface area contributed by atoms with Gasteiger partial charge in [-0.25, -0.2) is 0 Å². The van der Waals surface area contributed by atoms with E-state index >= 15 is 0 Å². The summed E-state index contributed by atoms with van der Waals surface area (Å²) in [6.45, 7) is 10.3. The van der Waals surface area contributed by atoms with Crippen molar-refractivity contribution in [3.05, 3.63) is 24.2 Å². The Hall–Kier alpha value is -2.31. The van der Waals surface area contributed by atoms with Gasteiger partial charge in [-0.2, -0.15) is 0 Å². The van der Waals surface area contributed by atoms with Crippen LogP contribution in [0.3, 0.4) is 0 Å². The second-order valence-electron chi connectivity index (χ2n) is 15.0. The van der Waals surface area contributed by atoms with Crippen LogP contribution >= 0.6 is 0 Å². The van der Waals surface area contributed by atoms with E-state index in [1.54, 1.807) is 26.4 Å². The van der Waals surface area contributed by atoms with E-state index < -0.39 is 93.4 Å². The number of ketones is 1. The van der Waals surface area contributed by atoms with Crippen molar-refractivity contribution in [2.24, 2.45) is 39.4 Å². The van der Waals surface area contributed by atoms with E-state index in [0.717, 1.165) is 5.56 Å². The molecule has 242 valence electrons. The third-order valence-corrected chi connectivity index (χ3v) is 13.5. The van der Waals surface area contributed by atoms with Crippen molar-refractivity contribution in [1.29, 1.82) is 0 Å². The maximum Gasteiger partial charge on any atom is 0.310 e. The number of carbonyl (C=O) groups excluding carboxylic acids is 3. The summed E-state index contributed by atoms with van der Waals surface area (Å²) in [6.07, 6.45) is -1.74. The van der Waals surface area contributed by atoms with Gasteiger partial charge in [0.2, 0.25) is 6.29 Å². The lowest BCUT2D eigenvalue weighted by Crippen LogP contribution is -2.82. The highest BCUT2D eigenvalue weighted by molar-refractivity contribution is 5.91. The van der Waals surface area contributed by atoms with Gasteiger partial charge in [0.15, 0.2) is 5.78 Å². The van der Waals surface area contributed by atoms with Gasteiger partial charge in [0.1, 0.15) is 17.8 Å². The van der Waals surface area contributed by atoms with Gasteiger partial charge in [0, 0.05) is 41.4 Å². The first-order valence-electron chi connectivity index (χ1n) is 15.9.